The number of pyridine rings is 2. The van der Waals surface area contributed by atoms with Crippen LogP contribution in [0, 0.1) is 6.92 Å². The summed E-state index contributed by atoms with van der Waals surface area (Å²) in [6, 6.07) is 9.21. The fraction of sp³-hybridized carbons (Fsp3) is 0.182. The maximum Gasteiger partial charge on any atom is 0.490 e. The lowest BCUT2D eigenvalue weighted by Gasteiger charge is -2.09. The highest BCUT2D eigenvalue weighted by Crippen LogP contribution is 2.31. The summed E-state index contributed by atoms with van der Waals surface area (Å²) in [6.45, 7) is 3.41. The number of carboxylic acid groups (broad SMARTS) is 1. The molecule has 0 unspecified atom stereocenters. The maximum atomic E-state index is 12.9. The molecule has 2 amide bonds. The highest BCUT2D eigenvalue weighted by atomic mass is 32.1. The van der Waals surface area contributed by atoms with Gasteiger partial charge in [0.2, 0.25) is 5.91 Å². The number of aliphatic carboxylic acids is 1. The van der Waals surface area contributed by atoms with Crippen molar-refractivity contribution < 1.29 is 32.7 Å². The van der Waals surface area contributed by atoms with Crippen molar-refractivity contribution in [2.45, 2.75) is 20.0 Å². The number of nitrogens with one attached hydrogen (secondary N) is 1. The number of hydrogen-bond donors (Lipinski definition) is 2. The zero-order valence-electron chi connectivity index (χ0n) is 19.1. The van der Waals surface area contributed by atoms with Gasteiger partial charge < -0.3 is 10.4 Å². The second-order valence-corrected chi connectivity index (χ2v) is 8.31. The molecule has 0 atom stereocenters. The summed E-state index contributed by atoms with van der Waals surface area (Å²) in [4.78, 5) is 48.7. The molecule has 0 aliphatic rings. The minimum atomic E-state index is -5.08. The van der Waals surface area contributed by atoms with Crippen molar-refractivity contribution in [3.8, 4) is 10.7 Å². The van der Waals surface area contributed by atoms with Gasteiger partial charge in [0, 0.05) is 26.4 Å². The molecule has 0 saturated carbocycles. The predicted molar refractivity (Wildman–Crippen MR) is 126 cm³/mol. The van der Waals surface area contributed by atoms with E-state index in [1.165, 1.54) is 23.2 Å². The summed E-state index contributed by atoms with van der Waals surface area (Å²) in [7, 11) is 1.67. The third kappa shape index (κ3) is 6.02. The summed E-state index contributed by atoms with van der Waals surface area (Å²) in [5, 5.41) is 10.5. The highest BCUT2D eigenvalue weighted by molar-refractivity contribution is 7.19. The van der Waals surface area contributed by atoms with Crippen LogP contribution in [-0.2, 0) is 9.59 Å². The number of hydrogen-bond acceptors (Lipinski definition) is 7. The van der Waals surface area contributed by atoms with Crippen molar-refractivity contribution in [3.05, 3.63) is 60.2 Å². The van der Waals surface area contributed by atoms with E-state index < -0.39 is 12.1 Å². The molecular formula is C22H19F3N6O4S. The van der Waals surface area contributed by atoms with Crippen molar-refractivity contribution in [2.75, 3.05) is 17.3 Å². The van der Waals surface area contributed by atoms with Crippen LogP contribution in [0.4, 0.5) is 24.1 Å². The number of carbonyl (C=O) groups is 3. The minimum Gasteiger partial charge on any atom is -0.475 e. The Hall–Kier alpha value is -4.33. The lowest BCUT2D eigenvalue weighted by Crippen LogP contribution is -2.22. The molecule has 0 bridgehead atoms. The Balaban J connectivity index is 0.000000454. The number of carboxylic acids is 1. The van der Waals surface area contributed by atoms with Gasteiger partial charge in [0.1, 0.15) is 5.82 Å². The van der Waals surface area contributed by atoms with Crippen molar-refractivity contribution in [2.24, 2.45) is 0 Å². The summed E-state index contributed by atoms with van der Waals surface area (Å²) >= 11 is 1.33. The molecule has 0 aromatic carbocycles. The first-order valence-corrected chi connectivity index (χ1v) is 10.9. The van der Waals surface area contributed by atoms with E-state index in [2.05, 4.69) is 20.3 Å². The Morgan fingerprint density at radius 3 is 2.47 bits per heavy atom. The number of amides is 2. The molecular weight excluding hydrogens is 501 g/mol. The zero-order chi connectivity index (χ0) is 26.6. The zero-order valence-corrected chi connectivity index (χ0v) is 19.9. The average Bonchev–Trinajstić information content (AvgIpc) is 3.43. The van der Waals surface area contributed by atoms with E-state index in [-0.39, 0.29) is 11.8 Å². The number of thiazole rings is 1. The lowest BCUT2D eigenvalue weighted by molar-refractivity contribution is -0.192. The quantitative estimate of drug-likeness (QED) is 0.416. The van der Waals surface area contributed by atoms with Crippen molar-refractivity contribution in [1.82, 2.24) is 19.4 Å². The minimum absolute atomic E-state index is 0.107. The molecule has 14 heteroatoms. The van der Waals surface area contributed by atoms with E-state index in [0.29, 0.717) is 28.0 Å². The number of fused-ring (bicyclic) bond motifs is 1. The second kappa shape index (κ2) is 10.5. The van der Waals surface area contributed by atoms with Crippen LogP contribution in [0.15, 0.2) is 48.9 Å². The molecule has 4 aromatic rings. The number of carbonyl (C=O) groups excluding carboxylic acids is 2. The Kier molecular flexibility index (Phi) is 7.68. The Bertz CT molecular complexity index is 1430. The molecule has 0 saturated heterocycles. The second-order valence-electron chi connectivity index (χ2n) is 7.30. The van der Waals surface area contributed by atoms with Crippen LogP contribution in [-0.4, -0.2) is 55.5 Å². The summed E-state index contributed by atoms with van der Waals surface area (Å²) in [6.07, 6.45) is 0.0600. The lowest BCUT2D eigenvalue weighted by atomic mass is 10.3. The summed E-state index contributed by atoms with van der Waals surface area (Å²) < 4.78 is 33.6. The van der Waals surface area contributed by atoms with Gasteiger partial charge in [-0.3, -0.25) is 18.9 Å². The monoisotopic (exact) mass is 520 g/mol. The first-order chi connectivity index (χ1) is 16.9. The van der Waals surface area contributed by atoms with Crippen LogP contribution in [0.25, 0.3) is 16.2 Å². The van der Waals surface area contributed by atoms with Crippen molar-refractivity contribution in [3.63, 3.8) is 0 Å². The van der Waals surface area contributed by atoms with E-state index >= 15 is 0 Å². The maximum absolute atomic E-state index is 12.9. The van der Waals surface area contributed by atoms with Crippen LogP contribution in [0.3, 0.4) is 0 Å². The van der Waals surface area contributed by atoms with Gasteiger partial charge >= 0.3 is 12.1 Å². The summed E-state index contributed by atoms with van der Waals surface area (Å²) in [5.41, 5.74) is 1.96. The summed E-state index contributed by atoms with van der Waals surface area (Å²) in [5.74, 6) is -2.15. The molecule has 0 radical (unpaired) electrons. The van der Waals surface area contributed by atoms with Gasteiger partial charge in [0.15, 0.2) is 16.6 Å². The van der Waals surface area contributed by atoms with E-state index in [1.807, 2.05) is 41.8 Å². The van der Waals surface area contributed by atoms with Gasteiger partial charge in [0.05, 0.1) is 16.6 Å². The molecule has 4 heterocycles. The molecule has 36 heavy (non-hydrogen) atoms. The molecule has 0 spiro atoms. The van der Waals surface area contributed by atoms with Gasteiger partial charge in [-0.05, 0) is 36.8 Å². The molecule has 188 valence electrons. The molecule has 10 nitrogen and oxygen atoms in total. The van der Waals surface area contributed by atoms with Gasteiger partial charge in [-0.1, -0.05) is 17.4 Å². The SMILES string of the molecule is CC(=O)N(C)c1ncc(-c2nc(C(=O)Nc3cc(C)ccn3)c3ccccn23)s1.O=C(O)C(F)(F)F. The number of rotatable bonds is 4. The number of imidazole rings is 1. The average molecular weight is 520 g/mol. The van der Waals surface area contributed by atoms with Crippen LogP contribution < -0.4 is 10.2 Å². The van der Waals surface area contributed by atoms with Gasteiger partial charge in [-0.2, -0.15) is 13.2 Å². The number of anilines is 2. The normalized spacial score (nSPS) is 10.9. The van der Waals surface area contributed by atoms with E-state index in [4.69, 9.17) is 9.90 Å². The number of aromatic nitrogens is 4. The van der Waals surface area contributed by atoms with Gasteiger partial charge in [-0.25, -0.2) is 19.7 Å². The fourth-order valence-corrected chi connectivity index (χ4v) is 3.73. The standard InChI is InChI=1S/C20H18N6O2S.C2HF3O2/c1-12-7-8-21-16(10-12)23-19(28)17-14-6-4-5-9-26(14)18(24-17)15-11-22-20(29-15)25(3)13(2)27;3-2(4,5)1(6)7/h4-11H,1-3H3,(H,21,23,28);(H,6,7). The van der Waals surface area contributed by atoms with Crippen LogP contribution in [0.2, 0.25) is 0 Å². The highest BCUT2D eigenvalue weighted by Gasteiger charge is 2.38. The third-order valence-electron chi connectivity index (χ3n) is 4.64. The Morgan fingerprint density at radius 1 is 1.17 bits per heavy atom. The predicted octanol–water partition coefficient (Wildman–Crippen LogP) is 4.03. The van der Waals surface area contributed by atoms with Crippen molar-refractivity contribution in [1.29, 1.82) is 0 Å². The molecule has 0 aliphatic carbocycles. The molecule has 0 fully saturated rings. The Labute approximate surface area is 206 Å². The fourth-order valence-electron chi connectivity index (χ4n) is 2.82. The van der Waals surface area contributed by atoms with E-state index in [0.717, 1.165) is 10.4 Å². The van der Waals surface area contributed by atoms with Gasteiger partial charge in [0.25, 0.3) is 5.91 Å². The van der Waals surface area contributed by atoms with E-state index in [9.17, 15) is 22.8 Å². The van der Waals surface area contributed by atoms with Gasteiger partial charge in [-0.15, -0.1) is 0 Å². The molecule has 4 aromatic heterocycles. The number of alkyl halides is 3. The van der Waals surface area contributed by atoms with Crippen LogP contribution >= 0.6 is 11.3 Å². The number of nitrogens with zero attached hydrogens (tertiary/aromatic N) is 5. The first kappa shape index (κ1) is 26.3. The smallest absolute Gasteiger partial charge is 0.475 e. The third-order valence-corrected chi connectivity index (χ3v) is 5.71. The molecule has 2 N–H and O–H groups in total. The topological polar surface area (TPSA) is 130 Å². The number of halogens is 3. The van der Waals surface area contributed by atoms with Crippen LogP contribution in [0.1, 0.15) is 23.0 Å². The number of aryl methyl sites for hydroxylation is 1. The Morgan fingerprint density at radius 2 is 1.86 bits per heavy atom. The van der Waals surface area contributed by atoms with E-state index in [1.54, 1.807) is 25.5 Å². The largest absolute Gasteiger partial charge is 0.490 e. The molecule has 0 aliphatic heterocycles. The molecule has 4 rings (SSSR count). The first-order valence-electron chi connectivity index (χ1n) is 10.1. The van der Waals surface area contributed by atoms with Crippen molar-refractivity contribution >= 4 is 45.6 Å². The van der Waals surface area contributed by atoms with Crippen LogP contribution in [0.5, 0.6) is 0 Å².